The largest absolute Gasteiger partial charge is 0.309 e. The summed E-state index contributed by atoms with van der Waals surface area (Å²) in [4.78, 5) is 3.92. The molecule has 5 aromatic rings. The standard InChI is InChI=1S/C30H29N3/c1-29(2,3)15-23-18(17-31)11-12-21-19-9-8-10-20-22-13-14-25(32-7)24(16-30(4,5)6)28(22)33(26(19)20)27(21)23/h8-14H,15-16H2,1-6H3. The fourth-order valence-corrected chi connectivity index (χ4v) is 5.39. The minimum Gasteiger partial charge on any atom is -0.309 e. The maximum absolute atomic E-state index is 10.0. The van der Waals surface area contributed by atoms with E-state index in [0.29, 0.717) is 0 Å². The lowest BCUT2D eigenvalue weighted by molar-refractivity contribution is 0.412. The fourth-order valence-electron chi connectivity index (χ4n) is 5.39. The Labute approximate surface area is 195 Å². The third kappa shape index (κ3) is 3.23. The van der Waals surface area contributed by atoms with Gasteiger partial charge in [-0.2, -0.15) is 5.26 Å². The van der Waals surface area contributed by atoms with E-state index < -0.39 is 0 Å². The Morgan fingerprint density at radius 3 is 1.82 bits per heavy atom. The molecule has 0 aliphatic carbocycles. The SMILES string of the molecule is [C-]#[N+]c1ccc2c3cccc4c5ccc(C#N)c(CC(C)(C)C)c5n(c2c1CC(C)(C)C)c43. The van der Waals surface area contributed by atoms with Crippen molar-refractivity contribution >= 4 is 43.8 Å². The molecule has 3 heteroatoms. The average molecular weight is 432 g/mol. The first-order valence-electron chi connectivity index (χ1n) is 11.6. The van der Waals surface area contributed by atoms with Gasteiger partial charge in [-0.25, -0.2) is 4.85 Å². The summed E-state index contributed by atoms with van der Waals surface area (Å²) in [6, 6.07) is 17.2. The zero-order chi connectivity index (χ0) is 23.7. The van der Waals surface area contributed by atoms with Gasteiger partial charge in [0.25, 0.3) is 0 Å². The number of para-hydroxylation sites is 1. The summed E-state index contributed by atoms with van der Waals surface area (Å²) < 4.78 is 2.38. The van der Waals surface area contributed by atoms with Crippen LogP contribution >= 0.6 is 0 Å². The van der Waals surface area contributed by atoms with Gasteiger partial charge in [0.2, 0.25) is 0 Å². The van der Waals surface area contributed by atoms with Gasteiger partial charge < -0.3 is 4.40 Å². The van der Waals surface area contributed by atoms with Gasteiger partial charge in [-0.1, -0.05) is 77.9 Å². The van der Waals surface area contributed by atoms with E-state index in [2.05, 4.69) is 87.2 Å². The van der Waals surface area contributed by atoms with Crippen LogP contribution in [0.15, 0.2) is 42.5 Å². The molecule has 2 heterocycles. The molecular formula is C30H29N3. The van der Waals surface area contributed by atoms with Crippen LogP contribution < -0.4 is 0 Å². The molecule has 3 aromatic carbocycles. The first kappa shape index (κ1) is 21.3. The van der Waals surface area contributed by atoms with E-state index in [1.165, 1.54) is 27.1 Å². The van der Waals surface area contributed by atoms with Crippen molar-refractivity contribution in [3.63, 3.8) is 0 Å². The first-order chi connectivity index (χ1) is 15.5. The van der Waals surface area contributed by atoms with Crippen LogP contribution in [0, 0.1) is 28.7 Å². The van der Waals surface area contributed by atoms with E-state index in [0.717, 1.165) is 46.3 Å². The Morgan fingerprint density at radius 1 is 0.758 bits per heavy atom. The molecule has 0 fully saturated rings. The topological polar surface area (TPSA) is 32.6 Å². The van der Waals surface area contributed by atoms with E-state index >= 15 is 0 Å². The van der Waals surface area contributed by atoms with Gasteiger partial charge in [0, 0.05) is 27.1 Å². The van der Waals surface area contributed by atoms with Gasteiger partial charge >= 0.3 is 0 Å². The van der Waals surface area contributed by atoms with Crippen molar-refractivity contribution in [2.75, 3.05) is 0 Å². The van der Waals surface area contributed by atoms with Crippen LogP contribution in [0.5, 0.6) is 0 Å². The van der Waals surface area contributed by atoms with Crippen molar-refractivity contribution < 1.29 is 0 Å². The molecule has 2 aromatic heterocycles. The van der Waals surface area contributed by atoms with Gasteiger partial charge in [0.05, 0.1) is 29.2 Å². The lowest BCUT2D eigenvalue weighted by atomic mass is 9.85. The Bertz CT molecular complexity index is 1520. The summed E-state index contributed by atoms with van der Waals surface area (Å²) in [5.74, 6) is 0. The molecule has 0 spiro atoms. The Hall–Kier alpha value is -3.56. The zero-order valence-corrected chi connectivity index (χ0v) is 20.3. The van der Waals surface area contributed by atoms with Crippen LogP contribution in [-0.4, -0.2) is 4.40 Å². The molecule has 0 saturated carbocycles. The summed E-state index contributed by atoms with van der Waals surface area (Å²) >= 11 is 0. The van der Waals surface area contributed by atoms with Crippen LogP contribution in [0.1, 0.15) is 58.2 Å². The van der Waals surface area contributed by atoms with Gasteiger partial charge in [-0.05, 0) is 40.9 Å². The molecule has 0 unspecified atom stereocenters. The number of benzene rings is 3. The Morgan fingerprint density at radius 2 is 1.27 bits per heavy atom. The lowest BCUT2D eigenvalue weighted by Crippen LogP contribution is -2.12. The monoisotopic (exact) mass is 431 g/mol. The predicted molar refractivity (Wildman–Crippen MR) is 138 cm³/mol. The minimum atomic E-state index is 0.0352. The third-order valence-electron chi connectivity index (χ3n) is 6.48. The normalized spacial score (nSPS) is 12.7. The number of rotatable bonds is 2. The van der Waals surface area contributed by atoms with E-state index in [9.17, 15) is 5.26 Å². The maximum Gasteiger partial charge on any atom is 0.192 e. The van der Waals surface area contributed by atoms with Crippen LogP contribution in [0.2, 0.25) is 0 Å². The molecule has 5 rings (SSSR count). The lowest BCUT2D eigenvalue weighted by Gasteiger charge is -2.22. The highest BCUT2D eigenvalue weighted by molar-refractivity contribution is 6.24. The summed E-state index contributed by atoms with van der Waals surface area (Å²) in [5.41, 5.74) is 7.20. The second-order valence-electron chi connectivity index (χ2n) is 11.7. The van der Waals surface area contributed by atoms with Crippen molar-refractivity contribution in [2.45, 2.75) is 54.4 Å². The number of aromatic nitrogens is 1. The molecule has 0 aliphatic heterocycles. The van der Waals surface area contributed by atoms with E-state index in [4.69, 9.17) is 6.57 Å². The van der Waals surface area contributed by atoms with Crippen LogP contribution in [0.3, 0.4) is 0 Å². The number of hydrogen-bond donors (Lipinski definition) is 0. The van der Waals surface area contributed by atoms with Crippen LogP contribution in [-0.2, 0) is 12.8 Å². The van der Waals surface area contributed by atoms with E-state index in [1.54, 1.807) is 0 Å². The van der Waals surface area contributed by atoms with E-state index in [1.807, 2.05) is 12.1 Å². The van der Waals surface area contributed by atoms with Crippen molar-refractivity contribution in [1.82, 2.24) is 4.40 Å². The second-order valence-corrected chi connectivity index (χ2v) is 11.7. The molecule has 0 radical (unpaired) electrons. The smallest absolute Gasteiger partial charge is 0.192 e. The Kier molecular flexibility index (Phi) is 4.50. The number of hydrogen-bond acceptors (Lipinski definition) is 1. The fraction of sp³-hybridized carbons (Fsp3) is 0.333. The molecule has 0 atom stereocenters. The van der Waals surface area contributed by atoms with Gasteiger partial charge in [0.15, 0.2) is 5.69 Å². The van der Waals surface area contributed by atoms with Crippen molar-refractivity contribution in [2.24, 2.45) is 10.8 Å². The Balaban J connectivity index is 2.10. The summed E-state index contributed by atoms with van der Waals surface area (Å²) in [7, 11) is 0. The molecule has 0 bridgehead atoms. The molecule has 0 N–H and O–H groups in total. The number of nitriles is 1. The summed E-state index contributed by atoms with van der Waals surface area (Å²) in [6.07, 6.45) is 1.63. The molecule has 0 amide bonds. The van der Waals surface area contributed by atoms with Crippen molar-refractivity contribution in [3.05, 3.63) is 70.6 Å². The molecular weight excluding hydrogens is 402 g/mol. The number of nitrogens with zero attached hydrogens (tertiary/aromatic N) is 3. The van der Waals surface area contributed by atoms with Gasteiger partial charge in [0.1, 0.15) is 0 Å². The van der Waals surface area contributed by atoms with Gasteiger partial charge in [-0.15, -0.1) is 0 Å². The first-order valence-corrected chi connectivity index (χ1v) is 11.6. The highest BCUT2D eigenvalue weighted by Gasteiger charge is 2.26. The second kappa shape index (κ2) is 6.97. The van der Waals surface area contributed by atoms with Gasteiger partial charge in [-0.3, -0.25) is 0 Å². The highest BCUT2D eigenvalue weighted by atomic mass is 14.9. The van der Waals surface area contributed by atoms with Crippen molar-refractivity contribution in [3.8, 4) is 6.07 Å². The van der Waals surface area contributed by atoms with Crippen LogP contribution in [0.25, 0.3) is 42.9 Å². The predicted octanol–water partition coefficient (Wildman–Crippen LogP) is 8.44. The minimum absolute atomic E-state index is 0.0352. The van der Waals surface area contributed by atoms with E-state index in [-0.39, 0.29) is 10.8 Å². The van der Waals surface area contributed by atoms with Crippen LogP contribution in [0.4, 0.5) is 5.69 Å². The third-order valence-corrected chi connectivity index (χ3v) is 6.48. The molecule has 33 heavy (non-hydrogen) atoms. The maximum atomic E-state index is 10.0. The molecule has 0 saturated heterocycles. The molecule has 0 aliphatic rings. The summed E-state index contributed by atoms with van der Waals surface area (Å²) in [5, 5.41) is 14.8. The number of fused-ring (bicyclic) bond motifs is 6. The summed E-state index contributed by atoms with van der Waals surface area (Å²) in [6.45, 7) is 21.2. The molecule has 164 valence electrons. The highest BCUT2D eigenvalue weighted by Crippen LogP contribution is 2.45. The molecule has 3 nitrogen and oxygen atoms in total. The zero-order valence-electron chi connectivity index (χ0n) is 20.3. The van der Waals surface area contributed by atoms with Crippen molar-refractivity contribution in [1.29, 1.82) is 5.26 Å². The average Bonchev–Trinajstić information content (AvgIpc) is 3.24. The quantitative estimate of drug-likeness (QED) is 0.258.